The van der Waals surface area contributed by atoms with Crippen molar-refractivity contribution in [3.8, 4) is 0 Å². The van der Waals surface area contributed by atoms with Crippen molar-refractivity contribution in [3.63, 3.8) is 0 Å². The fourth-order valence-corrected chi connectivity index (χ4v) is 1.65. The van der Waals surface area contributed by atoms with Gasteiger partial charge < -0.3 is 0 Å². The molecule has 0 saturated heterocycles. The van der Waals surface area contributed by atoms with E-state index in [9.17, 15) is 0 Å². The fraction of sp³-hybridized carbons (Fsp3) is 0.500. The summed E-state index contributed by atoms with van der Waals surface area (Å²) in [6.45, 7) is 11.0. The molecule has 0 aliphatic carbocycles. The van der Waals surface area contributed by atoms with Crippen LogP contribution in [0.5, 0.6) is 0 Å². The highest BCUT2D eigenvalue weighted by Crippen LogP contribution is 2.19. The molecule has 0 bridgehead atoms. The van der Waals surface area contributed by atoms with E-state index in [-0.39, 0.29) is 0 Å². The summed E-state index contributed by atoms with van der Waals surface area (Å²) in [5.41, 5.74) is 5.20. The molecule has 0 aliphatic heterocycles. The lowest BCUT2D eigenvalue weighted by molar-refractivity contribution is 0.738. The van der Waals surface area contributed by atoms with Crippen LogP contribution in [0.2, 0.25) is 0 Å². The van der Waals surface area contributed by atoms with E-state index < -0.39 is 0 Å². The lowest BCUT2D eigenvalue weighted by atomic mass is 9.98. The summed E-state index contributed by atoms with van der Waals surface area (Å²) in [6.07, 6.45) is 5.24. The van der Waals surface area contributed by atoms with E-state index >= 15 is 0 Å². The molecule has 0 saturated carbocycles. The highest BCUT2D eigenvalue weighted by Gasteiger charge is 2.04. The van der Waals surface area contributed by atoms with Gasteiger partial charge in [-0.15, -0.1) is 0 Å². The Balaban J connectivity index is 3.11. The normalized spacial score (nSPS) is 12.3. The molecule has 0 atom stereocenters. The van der Waals surface area contributed by atoms with Gasteiger partial charge in [0, 0.05) is 6.20 Å². The number of rotatable bonds is 3. The average molecular weight is 203 g/mol. The van der Waals surface area contributed by atoms with E-state index in [0.717, 1.165) is 12.1 Å². The van der Waals surface area contributed by atoms with Gasteiger partial charge in [0.15, 0.2) is 0 Å². The van der Waals surface area contributed by atoms with Gasteiger partial charge in [-0.05, 0) is 49.5 Å². The Morgan fingerprint density at radius 1 is 1.40 bits per heavy atom. The van der Waals surface area contributed by atoms with E-state index in [1.165, 1.54) is 16.7 Å². The summed E-state index contributed by atoms with van der Waals surface area (Å²) in [6, 6.07) is 2.06. The van der Waals surface area contributed by atoms with Gasteiger partial charge in [0.25, 0.3) is 0 Å². The first-order valence-corrected chi connectivity index (χ1v) is 5.69. The summed E-state index contributed by atoms with van der Waals surface area (Å²) in [5, 5.41) is 0. The van der Waals surface area contributed by atoms with Crippen LogP contribution in [0, 0.1) is 19.8 Å². The summed E-state index contributed by atoms with van der Waals surface area (Å²) in [5.74, 6) is 0.608. The van der Waals surface area contributed by atoms with Crippen molar-refractivity contribution in [1.29, 1.82) is 0 Å². The first kappa shape index (κ1) is 12.0. The number of hydrogen-bond acceptors (Lipinski definition) is 1. The highest BCUT2D eigenvalue weighted by molar-refractivity contribution is 5.54. The number of allylic oxidation sites excluding steroid dienone is 1. The SMILES string of the molecule is CC/C(=C/c1nccc(C)c1C)C(C)C. The molecule has 1 rings (SSSR count). The second-order valence-corrected chi connectivity index (χ2v) is 4.37. The second kappa shape index (κ2) is 5.11. The van der Waals surface area contributed by atoms with Crippen LogP contribution in [-0.2, 0) is 0 Å². The molecule has 0 spiro atoms. The smallest absolute Gasteiger partial charge is 0.0661 e. The van der Waals surface area contributed by atoms with E-state index in [1.54, 1.807) is 0 Å². The van der Waals surface area contributed by atoms with Gasteiger partial charge in [0.1, 0.15) is 0 Å². The zero-order valence-electron chi connectivity index (χ0n) is 10.5. The van der Waals surface area contributed by atoms with Gasteiger partial charge in [0.2, 0.25) is 0 Å². The number of aryl methyl sites for hydroxylation is 1. The van der Waals surface area contributed by atoms with Crippen LogP contribution in [0.1, 0.15) is 44.0 Å². The van der Waals surface area contributed by atoms with Gasteiger partial charge >= 0.3 is 0 Å². The van der Waals surface area contributed by atoms with Crippen LogP contribution in [0.25, 0.3) is 6.08 Å². The maximum absolute atomic E-state index is 4.43. The lowest BCUT2D eigenvalue weighted by Gasteiger charge is -2.10. The number of nitrogens with zero attached hydrogens (tertiary/aromatic N) is 1. The van der Waals surface area contributed by atoms with Crippen LogP contribution < -0.4 is 0 Å². The minimum absolute atomic E-state index is 0.608. The van der Waals surface area contributed by atoms with Gasteiger partial charge in [0.05, 0.1) is 5.69 Å². The molecule has 0 fully saturated rings. The topological polar surface area (TPSA) is 12.9 Å². The zero-order chi connectivity index (χ0) is 11.4. The molecule has 82 valence electrons. The van der Waals surface area contributed by atoms with Gasteiger partial charge in [-0.2, -0.15) is 0 Å². The van der Waals surface area contributed by atoms with E-state index in [4.69, 9.17) is 0 Å². The molecule has 1 heterocycles. The Bertz CT molecular complexity index is 362. The van der Waals surface area contributed by atoms with Crippen LogP contribution in [0.3, 0.4) is 0 Å². The van der Waals surface area contributed by atoms with Crippen molar-refractivity contribution in [2.75, 3.05) is 0 Å². The standard InChI is InChI=1S/C14H21N/c1-6-13(10(2)3)9-14-12(5)11(4)7-8-15-14/h7-10H,6H2,1-5H3/b13-9-. The molecular weight excluding hydrogens is 182 g/mol. The zero-order valence-corrected chi connectivity index (χ0v) is 10.5. The highest BCUT2D eigenvalue weighted by atomic mass is 14.7. The predicted molar refractivity (Wildman–Crippen MR) is 66.8 cm³/mol. The number of pyridine rings is 1. The Labute approximate surface area is 93.2 Å². The Morgan fingerprint density at radius 2 is 2.07 bits per heavy atom. The first-order chi connectivity index (χ1) is 7.06. The maximum Gasteiger partial charge on any atom is 0.0661 e. The van der Waals surface area contributed by atoms with Crippen molar-refractivity contribution < 1.29 is 0 Å². The third kappa shape index (κ3) is 2.92. The molecule has 0 N–H and O–H groups in total. The van der Waals surface area contributed by atoms with Crippen LogP contribution in [-0.4, -0.2) is 4.98 Å². The predicted octanol–water partition coefficient (Wildman–Crippen LogP) is 4.15. The van der Waals surface area contributed by atoms with Gasteiger partial charge in [-0.3, -0.25) is 4.98 Å². The van der Waals surface area contributed by atoms with Gasteiger partial charge in [-0.1, -0.05) is 26.3 Å². The molecular formula is C14H21N. The van der Waals surface area contributed by atoms with Crippen LogP contribution >= 0.6 is 0 Å². The first-order valence-electron chi connectivity index (χ1n) is 5.69. The number of aromatic nitrogens is 1. The minimum Gasteiger partial charge on any atom is -0.257 e. The summed E-state index contributed by atoms with van der Waals surface area (Å²) >= 11 is 0. The third-order valence-electron chi connectivity index (χ3n) is 2.99. The quantitative estimate of drug-likeness (QED) is 0.719. The molecule has 0 aliphatic rings. The van der Waals surface area contributed by atoms with E-state index in [2.05, 4.69) is 51.7 Å². The molecule has 0 radical (unpaired) electrons. The van der Waals surface area contributed by atoms with Crippen molar-refractivity contribution in [2.24, 2.45) is 5.92 Å². The molecule has 1 nitrogen and oxygen atoms in total. The second-order valence-electron chi connectivity index (χ2n) is 4.37. The Hall–Kier alpha value is -1.11. The van der Waals surface area contributed by atoms with Gasteiger partial charge in [-0.25, -0.2) is 0 Å². The van der Waals surface area contributed by atoms with Crippen LogP contribution in [0.15, 0.2) is 17.8 Å². The van der Waals surface area contributed by atoms with Crippen LogP contribution in [0.4, 0.5) is 0 Å². The Kier molecular flexibility index (Phi) is 4.07. The average Bonchev–Trinajstić information content (AvgIpc) is 2.19. The maximum atomic E-state index is 4.43. The lowest BCUT2D eigenvalue weighted by Crippen LogP contribution is -1.95. The molecule has 15 heavy (non-hydrogen) atoms. The molecule has 0 amide bonds. The van der Waals surface area contributed by atoms with Crippen molar-refractivity contribution in [1.82, 2.24) is 4.98 Å². The monoisotopic (exact) mass is 203 g/mol. The van der Waals surface area contributed by atoms with E-state index in [1.807, 2.05) is 6.20 Å². The number of hydrogen-bond donors (Lipinski definition) is 0. The van der Waals surface area contributed by atoms with Crippen molar-refractivity contribution in [2.45, 2.75) is 41.0 Å². The largest absolute Gasteiger partial charge is 0.257 e. The van der Waals surface area contributed by atoms with E-state index in [0.29, 0.717) is 5.92 Å². The minimum atomic E-state index is 0.608. The summed E-state index contributed by atoms with van der Waals surface area (Å²) < 4.78 is 0. The molecule has 1 heteroatoms. The summed E-state index contributed by atoms with van der Waals surface area (Å²) in [4.78, 5) is 4.43. The summed E-state index contributed by atoms with van der Waals surface area (Å²) in [7, 11) is 0. The molecule has 0 unspecified atom stereocenters. The molecule has 0 aromatic carbocycles. The van der Waals surface area contributed by atoms with Crippen molar-refractivity contribution >= 4 is 6.08 Å². The Morgan fingerprint density at radius 3 is 2.60 bits per heavy atom. The third-order valence-corrected chi connectivity index (χ3v) is 2.99. The fourth-order valence-electron chi connectivity index (χ4n) is 1.65. The van der Waals surface area contributed by atoms with Crippen molar-refractivity contribution in [3.05, 3.63) is 34.7 Å². The molecule has 1 aromatic rings. The molecule has 1 aromatic heterocycles.